The lowest BCUT2D eigenvalue weighted by Crippen LogP contribution is -1.98. The number of hydrogen-bond donors (Lipinski definition) is 0. The molecular formula is C21H14ClN5. The van der Waals surface area contributed by atoms with Crippen LogP contribution in [-0.4, -0.2) is 24.4 Å². The molecule has 0 aliphatic rings. The summed E-state index contributed by atoms with van der Waals surface area (Å²) in [6.45, 7) is 0. The van der Waals surface area contributed by atoms with Gasteiger partial charge in [-0.25, -0.2) is 0 Å². The molecular weight excluding hydrogens is 358 g/mol. The van der Waals surface area contributed by atoms with Crippen LogP contribution in [0.1, 0.15) is 0 Å². The number of benzene rings is 3. The van der Waals surface area contributed by atoms with Crippen LogP contribution in [0, 0.1) is 0 Å². The van der Waals surface area contributed by atoms with Crippen molar-refractivity contribution < 1.29 is 0 Å². The lowest BCUT2D eigenvalue weighted by atomic mass is 10.2. The summed E-state index contributed by atoms with van der Waals surface area (Å²) in [5.74, 6) is 2.14. The van der Waals surface area contributed by atoms with Gasteiger partial charge in [0.25, 0.3) is 5.78 Å². The second-order valence-corrected chi connectivity index (χ2v) is 6.54. The average molecular weight is 372 g/mol. The van der Waals surface area contributed by atoms with E-state index in [2.05, 4.69) is 10.2 Å². The second kappa shape index (κ2) is 6.37. The highest BCUT2D eigenvalue weighted by molar-refractivity contribution is 6.30. The maximum absolute atomic E-state index is 6.02. The monoisotopic (exact) mass is 371 g/mol. The molecule has 0 saturated carbocycles. The number of aromatic nitrogens is 5. The fraction of sp³-hybridized carbons (Fsp3) is 0. The highest BCUT2D eigenvalue weighted by Crippen LogP contribution is 2.27. The third-order valence-electron chi connectivity index (χ3n) is 4.38. The zero-order chi connectivity index (χ0) is 18.2. The van der Waals surface area contributed by atoms with E-state index in [4.69, 9.17) is 16.7 Å². The van der Waals surface area contributed by atoms with Gasteiger partial charge in [-0.3, -0.25) is 4.57 Å². The van der Waals surface area contributed by atoms with Crippen molar-refractivity contribution in [2.75, 3.05) is 0 Å². The normalized spacial score (nSPS) is 11.1. The van der Waals surface area contributed by atoms with Gasteiger partial charge < -0.3 is 0 Å². The standard InChI is InChI=1S/C21H14ClN5/c22-17-13-11-16(12-14-17)19-23-24-21-26(18-9-5-2-6-10-18)20(25-27(19)21)15-7-3-1-4-8-15/h1-14H. The van der Waals surface area contributed by atoms with Crippen LogP contribution in [0.5, 0.6) is 0 Å². The molecule has 3 aromatic carbocycles. The van der Waals surface area contributed by atoms with Gasteiger partial charge in [-0.2, -0.15) is 4.52 Å². The summed E-state index contributed by atoms with van der Waals surface area (Å²) in [6.07, 6.45) is 0. The minimum atomic E-state index is 0.657. The molecule has 6 heteroatoms. The van der Waals surface area contributed by atoms with Crippen molar-refractivity contribution >= 4 is 17.4 Å². The number of nitrogens with zero attached hydrogens (tertiary/aromatic N) is 5. The Bertz CT molecular complexity index is 1210. The zero-order valence-corrected chi connectivity index (χ0v) is 15.0. The SMILES string of the molecule is Clc1ccc(-c2nnc3n(-c4ccccc4)c(-c4ccccc4)nn23)cc1. The molecule has 0 aliphatic carbocycles. The first-order valence-electron chi connectivity index (χ1n) is 8.52. The number of hydrogen-bond acceptors (Lipinski definition) is 3. The van der Waals surface area contributed by atoms with E-state index in [0.29, 0.717) is 16.6 Å². The van der Waals surface area contributed by atoms with Crippen LogP contribution in [0.3, 0.4) is 0 Å². The van der Waals surface area contributed by atoms with Gasteiger partial charge in [-0.1, -0.05) is 60.1 Å². The predicted molar refractivity (Wildman–Crippen MR) is 106 cm³/mol. The molecule has 0 N–H and O–H groups in total. The Labute approximate surface area is 160 Å². The summed E-state index contributed by atoms with van der Waals surface area (Å²) in [5.41, 5.74) is 2.90. The van der Waals surface area contributed by atoms with Crippen molar-refractivity contribution in [1.82, 2.24) is 24.4 Å². The molecule has 5 nitrogen and oxygen atoms in total. The van der Waals surface area contributed by atoms with Gasteiger partial charge >= 0.3 is 0 Å². The summed E-state index contributed by atoms with van der Waals surface area (Å²) in [7, 11) is 0. The molecule has 0 fully saturated rings. The summed E-state index contributed by atoms with van der Waals surface area (Å²) in [4.78, 5) is 0. The van der Waals surface area contributed by atoms with Crippen LogP contribution < -0.4 is 0 Å². The van der Waals surface area contributed by atoms with E-state index in [1.807, 2.05) is 89.5 Å². The highest BCUT2D eigenvalue weighted by atomic mass is 35.5. The molecule has 0 unspecified atom stereocenters. The fourth-order valence-electron chi connectivity index (χ4n) is 3.11. The third-order valence-corrected chi connectivity index (χ3v) is 4.63. The Morgan fingerprint density at radius 2 is 1.26 bits per heavy atom. The van der Waals surface area contributed by atoms with Crippen molar-refractivity contribution in [1.29, 1.82) is 0 Å². The van der Waals surface area contributed by atoms with E-state index in [0.717, 1.165) is 22.6 Å². The molecule has 0 radical (unpaired) electrons. The molecule has 5 aromatic rings. The summed E-state index contributed by atoms with van der Waals surface area (Å²) in [6, 6.07) is 27.6. The van der Waals surface area contributed by atoms with Crippen LogP contribution in [0.2, 0.25) is 5.02 Å². The van der Waals surface area contributed by atoms with Crippen LogP contribution in [0.4, 0.5) is 0 Å². The first kappa shape index (κ1) is 15.8. The molecule has 130 valence electrons. The van der Waals surface area contributed by atoms with Crippen LogP contribution in [0.15, 0.2) is 84.9 Å². The van der Waals surface area contributed by atoms with Gasteiger partial charge in [0.05, 0.1) is 5.69 Å². The van der Waals surface area contributed by atoms with Crippen LogP contribution in [0.25, 0.3) is 34.2 Å². The van der Waals surface area contributed by atoms with Gasteiger partial charge in [-0.15, -0.1) is 15.3 Å². The Kier molecular flexibility index (Phi) is 3.73. The van der Waals surface area contributed by atoms with Gasteiger partial charge in [0.2, 0.25) is 0 Å². The summed E-state index contributed by atoms with van der Waals surface area (Å²) in [5, 5.41) is 14.3. The molecule has 0 bridgehead atoms. The number of para-hydroxylation sites is 1. The van der Waals surface area contributed by atoms with Gasteiger partial charge in [0.15, 0.2) is 11.6 Å². The molecule has 5 rings (SSSR count). The third kappa shape index (κ3) is 2.69. The van der Waals surface area contributed by atoms with Crippen LogP contribution in [-0.2, 0) is 0 Å². The maximum atomic E-state index is 6.02. The molecule has 0 amide bonds. The van der Waals surface area contributed by atoms with Crippen molar-refractivity contribution in [2.24, 2.45) is 0 Å². The number of fused-ring (bicyclic) bond motifs is 1. The van der Waals surface area contributed by atoms with E-state index in [-0.39, 0.29) is 0 Å². The lowest BCUT2D eigenvalue weighted by molar-refractivity contribution is 0.965. The van der Waals surface area contributed by atoms with Crippen molar-refractivity contribution in [3.05, 3.63) is 90.0 Å². The largest absolute Gasteiger partial charge is 0.259 e. The predicted octanol–water partition coefficient (Wildman–Crippen LogP) is 4.90. The molecule has 0 spiro atoms. The first-order valence-corrected chi connectivity index (χ1v) is 8.90. The minimum Gasteiger partial charge on any atom is -0.259 e. The molecule has 2 aromatic heterocycles. The Balaban J connectivity index is 1.79. The quantitative estimate of drug-likeness (QED) is 0.453. The summed E-state index contributed by atoms with van der Waals surface area (Å²) < 4.78 is 3.79. The number of rotatable bonds is 3. The average Bonchev–Trinajstić information content (AvgIpc) is 3.29. The van der Waals surface area contributed by atoms with Crippen molar-refractivity contribution in [3.8, 4) is 28.5 Å². The maximum Gasteiger partial charge on any atom is 0.259 e. The van der Waals surface area contributed by atoms with Gasteiger partial charge in [0.1, 0.15) is 0 Å². The lowest BCUT2D eigenvalue weighted by Gasteiger charge is -2.06. The number of halogens is 1. The smallest absolute Gasteiger partial charge is 0.259 e. The fourth-order valence-corrected chi connectivity index (χ4v) is 3.23. The topological polar surface area (TPSA) is 48.0 Å². The van der Waals surface area contributed by atoms with Gasteiger partial charge in [0, 0.05) is 16.1 Å². The molecule has 2 heterocycles. The Hall–Kier alpha value is -3.44. The van der Waals surface area contributed by atoms with Crippen molar-refractivity contribution in [2.45, 2.75) is 0 Å². The van der Waals surface area contributed by atoms with Crippen LogP contribution >= 0.6 is 11.6 Å². The Morgan fingerprint density at radius 1 is 0.630 bits per heavy atom. The summed E-state index contributed by atoms with van der Waals surface area (Å²) >= 11 is 6.02. The highest BCUT2D eigenvalue weighted by Gasteiger charge is 2.20. The molecule has 0 saturated heterocycles. The van der Waals surface area contributed by atoms with E-state index >= 15 is 0 Å². The van der Waals surface area contributed by atoms with E-state index < -0.39 is 0 Å². The Morgan fingerprint density at radius 3 is 1.96 bits per heavy atom. The minimum absolute atomic E-state index is 0.657. The van der Waals surface area contributed by atoms with Gasteiger partial charge in [-0.05, 0) is 36.4 Å². The van der Waals surface area contributed by atoms with E-state index in [1.165, 1.54) is 0 Å². The van der Waals surface area contributed by atoms with E-state index in [1.54, 1.807) is 4.52 Å². The van der Waals surface area contributed by atoms with E-state index in [9.17, 15) is 0 Å². The zero-order valence-electron chi connectivity index (χ0n) is 14.2. The molecule has 27 heavy (non-hydrogen) atoms. The first-order chi connectivity index (χ1) is 13.3. The molecule has 0 atom stereocenters. The second-order valence-electron chi connectivity index (χ2n) is 6.10. The van der Waals surface area contributed by atoms with Crippen molar-refractivity contribution in [3.63, 3.8) is 0 Å². The molecule has 0 aliphatic heterocycles.